The van der Waals surface area contributed by atoms with Gasteiger partial charge >= 0.3 is 0 Å². The van der Waals surface area contributed by atoms with Crippen molar-refractivity contribution in [2.75, 3.05) is 7.11 Å². The van der Waals surface area contributed by atoms with Gasteiger partial charge in [0, 0.05) is 18.7 Å². The van der Waals surface area contributed by atoms with Gasteiger partial charge in [-0.05, 0) is 34.5 Å². The first-order valence-electron chi connectivity index (χ1n) is 7.31. The highest BCUT2D eigenvalue weighted by Gasteiger charge is 2.06. The molecule has 0 aliphatic carbocycles. The van der Waals surface area contributed by atoms with Gasteiger partial charge in [0.15, 0.2) is 0 Å². The van der Waals surface area contributed by atoms with Gasteiger partial charge < -0.3 is 15.2 Å². The molecule has 3 heteroatoms. The largest absolute Gasteiger partial charge is 0.508 e. The predicted octanol–water partition coefficient (Wildman–Crippen LogP) is 3.84. The highest BCUT2D eigenvalue weighted by molar-refractivity contribution is 5.87. The zero-order valence-corrected chi connectivity index (χ0v) is 12.5. The summed E-state index contributed by atoms with van der Waals surface area (Å²) < 4.78 is 5.15. The van der Waals surface area contributed by atoms with Crippen LogP contribution < -0.4 is 10.1 Å². The van der Waals surface area contributed by atoms with Crippen molar-refractivity contribution in [2.45, 2.75) is 13.1 Å². The molecule has 3 rings (SSSR count). The van der Waals surface area contributed by atoms with Gasteiger partial charge in [0.25, 0.3) is 0 Å². The van der Waals surface area contributed by atoms with Crippen molar-refractivity contribution in [3.8, 4) is 11.5 Å². The highest BCUT2D eigenvalue weighted by atomic mass is 16.5. The molecule has 2 N–H and O–H groups in total. The second-order valence-electron chi connectivity index (χ2n) is 5.24. The fourth-order valence-electron chi connectivity index (χ4n) is 2.59. The Morgan fingerprint density at radius 2 is 1.68 bits per heavy atom. The van der Waals surface area contributed by atoms with Crippen molar-refractivity contribution in [3.05, 3.63) is 71.8 Å². The average molecular weight is 293 g/mol. The molecule has 112 valence electrons. The van der Waals surface area contributed by atoms with Crippen LogP contribution in [-0.4, -0.2) is 12.2 Å². The summed E-state index contributed by atoms with van der Waals surface area (Å²) in [6, 6.07) is 19.8. The molecule has 3 aromatic rings. The number of phenolic OH excluding ortho intramolecular Hbond substituents is 1. The molecule has 0 atom stereocenters. The third-order valence-electron chi connectivity index (χ3n) is 3.81. The molecular formula is C19H19NO2. The van der Waals surface area contributed by atoms with E-state index in [1.165, 1.54) is 5.56 Å². The Bertz CT molecular complexity index is 766. The van der Waals surface area contributed by atoms with E-state index in [1.807, 2.05) is 48.5 Å². The smallest absolute Gasteiger partial charge is 0.120 e. The maximum Gasteiger partial charge on any atom is 0.120 e. The maximum atomic E-state index is 10.1. The SMILES string of the molecule is COc1ccc(CNCc2c(O)ccc3ccccc23)cc1. The molecule has 0 heterocycles. The van der Waals surface area contributed by atoms with Crippen LogP contribution in [0.4, 0.5) is 0 Å². The van der Waals surface area contributed by atoms with Crippen molar-refractivity contribution in [1.29, 1.82) is 0 Å². The first-order chi connectivity index (χ1) is 10.8. The predicted molar refractivity (Wildman–Crippen MR) is 89.2 cm³/mol. The summed E-state index contributed by atoms with van der Waals surface area (Å²) in [5.74, 6) is 1.19. The third-order valence-corrected chi connectivity index (χ3v) is 3.81. The lowest BCUT2D eigenvalue weighted by molar-refractivity contribution is 0.414. The van der Waals surface area contributed by atoms with E-state index < -0.39 is 0 Å². The van der Waals surface area contributed by atoms with Crippen molar-refractivity contribution >= 4 is 10.8 Å². The number of hydrogen-bond donors (Lipinski definition) is 2. The summed E-state index contributed by atoms with van der Waals surface area (Å²) in [4.78, 5) is 0. The summed E-state index contributed by atoms with van der Waals surface area (Å²) >= 11 is 0. The number of fused-ring (bicyclic) bond motifs is 1. The molecule has 0 bridgehead atoms. The van der Waals surface area contributed by atoms with Gasteiger partial charge in [0.1, 0.15) is 11.5 Å². The highest BCUT2D eigenvalue weighted by Crippen LogP contribution is 2.26. The third kappa shape index (κ3) is 3.05. The molecule has 0 spiro atoms. The van der Waals surface area contributed by atoms with Gasteiger partial charge in [-0.1, -0.05) is 42.5 Å². The summed E-state index contributed by atoms with van der Waals surface area (Å²) in [6.07, 6.45) is 0. The number of hydrogen-bond acceptors (Lipinski definition) is 3. The zero-order valence-electron chi connectivity index (χ0n) is 12.5. The van der Waals surface area contributed by atoms with Crippen LogP contribution in [0.25, 0.3) is 10.8 Å². The topological polar surface area (TPSA) is 41.5 Å². The fourth-order valence-corrected chi connectivity index (χ4v) is 2.59. The van der Waals surface area contributed by atoms with Gasteiger partial charge in [0.05, 0.1) is 7.11 Å². The minimum atomic E-state index is 0.334. The van der Waals surface area contributed by atoms with Gasteiger partial charge in [0.2, 0.25) is 0 Å². The molecule has 0 saturated carbocycles. The molecule has 3 aromatic carbocycles. The normalized spacial score (nSPS) is 10.8. The molecule has 0 saturated heterocycles. The number of methoxy groups -OCH3 is 1. The molecule has 0 radical (unpaired) electrons. The minimum Gasteiger partial charge on any atom is -0.508 e. The standard InChI is InChI=1S/C19H19NO2/c1-22-16-9-6-14(7-10-16)12-20-13-18-17-5-3-2-4-15(17)8-11-19(18)21/h2-11,20-21H,12-13H2,1H3. The summed E-state index contributed by atoms with van der Waals surface area (Å²) in [5.41, 5.74) is 2.12. The number of rotatable bonds is 5. The summed E-state index contributed by atoms with van der Waals surface area (Å²) in [7, 11) is 1.66. The molecule has 0 amide bonds. The van der Waals surface area contributed by atoms with Crippen LogP contribution in [0.15, 0.2) is 60.7 Å². The Kier molecular flexibility index (Phi) is 4.26. The maximum absolute atomic E-state index is 10.1. The summed E-state index contributed by atoms with van der Waals surface area (Å²) in [5, 5.41) is 15.7. The molecule has 0 aliphatic rings. The Hall–Kier alpha value is -2.52. The van der Waals surface area contributed by atoms with Crippen LogP contribution in [0, 0.1) is 0 Å². The minimum absolute atomic E-state index is 0.334. The Labute approximate surface area is 130 Å². The molecule has 0 aromatic heterocycles. The molecule has 0 aliphatic heterocycles. The number of ether oxygens (including phenoxy) is 1. The lowest BCUT2D eigenvalue weighted by Crippen LogP contribution is -2.13. The van der Waals surface area contributed by atoms with Crippen LogP contribution >= 0.6 is 0 Å². The molecule has 3 nitrogen and oxygen atoms in total. The first kappa shape index (κ1) is 14.4. The molecular weight excluding hydrogens is 274 g/mol. The van der Waals surface area contributed by atoms with Crippen molar-refractivity contribution in [2.24, 2.45) is 0 Å². The second-order valence-corrected chi connectivity index (χ2v) is 5.24. The van der Waals surface area contributed by atoms with Crippen LogP contribution in [0.5, 0.6) is 11.5 Å². The monoisotopic (exact) mass is 293 g/mol. The Morgan fingerprint density at radius 1 is 0.909 bits per heavy atom. The van der Waals surface area contributed by atoms with E-state index in [4.69, 9.17) is 4.74 Å². The number of phenols is 1. The van der Waals surface area contributed by atoms with Crippen LogP contribution in [0.3, 0.4) is 0 Å². The van der Waals surface area contributed by atoms with Crippen LogP contribution in [0.1, 0.15) is 11.1 Å². The Morgan fingerprint density at radius 3 is 2.45 bits per heavy atom. The summed E-state index contributed by atoms with van der Waals surface area (Å²) in [6.45, 7) is 1.37. The van der Waals surface area contributed by atoms with E-state index in [1.54, 1.807) is 13.2 Å². The lowest BCUT2D eigenvalue weighted by atomic mass is 10.0. The van der Waals surface area contributed by atoms with E-state index in [2.05, 4.69) is 11.4 Å². The van der Waals surface area contributed by atoms with E-state index in [9.17, 15) is 5.11 Å². The van der Waals surface area contributed by atoms with Gasteiger partial charge in [-0.25, -0.2) is 0 Å². The molecule has 0 fully saturated rings. The molecule has 0 unspecified atom stereocenters. The van der Waals surface area contributed by atoms with E-state index in [0.29, 0.717) is 12.3 Å². The number of nitrogens with one attached hydrogen (secondary N) is 1. The van der Waals surface area contributed by atoms with E-state index in [-0.39, 0.29) is 0 Å². The van der Waals surface area contributed by atoms with Gasteiger partial charge in [-0.2, -0.15) is 0 Å². The second kappa shape index (κ2) is 6.50. The van der Waals surface area contributed by atoms with Crippen LogP contribution in [-0.2, 0) is 13.1 Å². The van der Waals surface area contributed by atoms with E-state index in [0.717, 1.165) is 28.6 Å². The van der Waals surface area contributed by atoms with Crippen LogP contribution in [0.2, 0.25) is 0 Å². The van der Waals surface area contributed by atoms with Gasteiger partial charge in [-0.15, -0.1) is 0 Å². The first-order valence-corrected chi connectivity index (χ1v) is 7.31. The van der Waals surface area contributed by atoms with Gasteiger partial charge in [-0.3, -0.25) is 0 Å². The van der Waals surface area contributed by atoms with E-state index >= 15 is 0 Å². The Balaban J connectivity index is 1.72. The molecule has 22 heavy (non-hydrogen) atoms. The zero-order chi connectivity index (χ0) is 15.4. The number of aromatic hydroxyl groups is 1. The van der Waals surface area contributed by atoms with Crippen molar-refractivity contribution < 1.29 is 9.84 Å². The number of benzene rings is 3. The fraction of sp³-hybridized carbons (Fsp3) is 0.158. The van der Waals surface area contributed by atoms with Crippen molar-refractivity contribution in [1.82, 2.24) is 5.32 Å². The van der Waals surface area contributed by atoms with Crippen molar-refractivity contribution in [3.63, 3.8) is 0 Å². The average Bonchev–Trinajstić information content (AvgIpc) is 2.57. The quantitative estimate of drug-likeness (QED) is 0.751. The lowest BCUT2D eigenvalue weighted by Gasteiger charge is -2.11.